The lowest BCUT2D eigenvalue weighted by Gasteiger charge is -2.28. The highest BCUT2D eigenvalue weighted by molar-refractivity contribution is 5.89. The van der Waals surface area contributed by atoms with Crippen molar-refractivity contribution in [3.8, 4) is 11.8 Å². The van der Waals surface area contributed by atoms with Crippen molar-refractivity contribution in [3.63, 3.8) is 0 Å². The molecule has 0 fully saturated rings. The van der Waals surface area contributed by atoms with Gasteiger partial charge in [-0.05, 0) is 36.8 Å². The van der Waals surface area contributed by atoms with Gasteiger partial charge in [0.05, 0.1) is 18.7 Å². The van der Waals surface area contributed by atoms with Crippen molar-refractivity contribution < 1.29 is 19.1 Å². The van der Waals surface area contributed by atoms with Crippen molar-refractivity contribution in [2.24, 2.45) is 0 Å². The first kappa shape index (κ1) is 18.0. The molecule has 25 heavy (non-hydrogen) atoms. The molecule has 0 saturated heterocycles. The van der Waals surface area contributed by atoms with Gasteiger partial charge >= 0.3 is 5.97 Å². The number of methoxy groups -OCH3 is 1. The minimum atomic E-state index is -1.32. The van der Waals surface area contributed by atoms with Gasteiger partial charge in [-0.3, -0.25) is 4.79 Å². The number of ether oxygens (including phenoxy) is 2. The zero-order valence-electron chi connectivity index (χ0n) is 14.0. The Bertz CT molecular complexity index is 781. The number of esters is 1. The smallest absolute Gasteiger partial charge is 0.336 e. The Kier molecular flexibility index (Phi) is 5.75. The van der Waals surface area contributed by atoms with E-state index in [1.54, 1.807) is 55.5 Å². The molecule has 6 nitrogen and oxygen atoms in total. The number of rotatable bonds is 6. The maximum absolute atomic E-state index is 12.3. The van der Waals surface area contributed by atoms with Crippen LogP contribution in [-0.4, -0.2) is 25.6 Å². The highest BCUT2D eigenvalue weighted by Gasteiger charge is 2.38. The molecule has 2 rings (SSSR count). The Balaban J connectivity index is 2.07. The average molecular weight is 338 g/mol. The summed E-state index contributed by atoms with van der Waals surface area (Å²) in [6.45, 7) is 1.30. The molecule has 0 spiro atoms. The predicted molar refractivity (Wildman–Crippen MR) is 90.6 cm³/mol. The van der Waals surface area contributed by atoms with Gasteiger partial charge in [0.2, 0.25) is 0 Å². The lowest BCUT2D eigenvalue weighted by atomic mass is 9.92. The predicted octanol–water partition coefficient (Wildman–Crippen LogP) is 2.14. The van der Waals surface area contributed by atoms with Crippen molar-refractivity contribution >= 4 is 11.9 Å². The van der Waals surface area contributed by atoms with Gasteiger partial charge in [0, 0.05) is 0 Å². The molecule has 1 atom stereocenters. The molecule has 0 heterocycles. The van der Waals surface area contributed by atoms with E-state index in [0.717, 1.165) is 0 Å². The Hall–Kier alpha value is -3.33. The zero-order chi connectivity index (χ0) is 18.3. The molecule has 0 unspecified atom stereocenters. The van der Waals surface area contributed by atoms with Crippen LogP contribution < -0.4 is 10.1 Å². The van der Waals surface area contributed by atoms with Crippen LogP contribution in [0.4, 0.5) is 0 Å². The molecule has 128 valence electrons. The third-order valence-electron chi connectivity index (χ3n) is 3.69. The summed E-state index contributed by atoms with van der Waals surface area (Å²) in [5.41, 5.74) is -0.214. The van der Waals surface area contributed by atoms with Gasteiger partial charge in [0.15, 0.2) is 12.1 Å². The highest BCUT2D eigenvalue weighted by Crippen LogP contribution is 2.22. The van der Waals surface area contributed by atoms with Crippen LogP contribution in [0.3, 0.4) is 0 Å². The SMILES string of the molecule is COC(=O)[C@](C)(NC(=O)COc1ccc(C#N)cc1)c1ccccc1. The minimum absolute atomic E-state index is 0.273. The summed E-state index contributed by atoms with van der Waals surface area (Å²) in [6, 6.07) is 17.2. The second-order valence-electron chi connectivity index (χ2n) is 5.46. The fourth-order valence-electron chi connectivity index (χ4n) is 2.31. The van der Waals surface area contributed by atoms with Crippen LogP contribution >= 0.6 is 0 Å². The van der Waals surface area contributed by atoms with Crippen molar-refractivity contribution in [3.05, 3.63) is 65.7 Å². The van der Waals surface area contributed by atoms with E-state index in [1.807, 2.05) is 12.1 Å². The van der Waals surface area contributed by atoms with Crippen molar-refractivity contribution in [1.82, 2.24) is 5.32 Å². The van der Waals surface area contributed by atoms with Crippen molar-refractivity contribution in [1.29, 1.82) is 5.26 Å². The fourth-order valence-corrected chi connectivity index (χ4v) is 2.31. The van der Waals surface area contributed by atoms with E-state index >= 15 is 0 Å². The highest BCUT2D eigenvalue weighted by atomic mass is 16.5. The third kappa shape index (κ3) is 4.36. The van der Waals surface area contributed by atoms with Crippen molar-refractivity contribution in [2.75, 3.05) is 13.7 Å². The molecule has 2 aromatic carbocycles. The lowest BCUT2D eigenvalue weighted by Crippen LogP contribution is -2.51. The molecule has 0 bridgehead atoms. The van der Waals surface area contributed by atoms with E-state index in [9.17, 15) is 9.59 Å². The lowest BCUT2D eigenvalue weighted by molar-refractivity contribution is -0.151. The number of hydrogen-bond donors (Lipinski definition) is 1. The van der Waals surface area contributed by atoms with E-state index < -0.39 is 17.4 Å². The summed E-state index contributed by atoms with van der Waals surface area (Å²) >= 11 is 0. The molecule has 0 saturated carbocycles. The Labute approximate surface area is 146 Å². The van der Waals surface area contributed by atoms with Gasteiger partial charge in [-0.2, -0.15) is 5.26 Å². The zero-order valence-corrected chi connectivity index (χ0v) is 14.0. The van der Waals surface area contributed by atoms with E-state index in [4.69, 9.17) is 14.7 Å². The molecule has 0 aliphatic rings. The molecular weight excluding hydrogens is 320 g/mol. The van der Waals surface area contributed by atoms with E-state index in [1.165, 1.54) is 7.11 Å². The number of nitrogens with zero attached hydrogens (tertiary/aromatic N) is 1. The first-order chi connectivity index (χ1) is 12.0. The molecule has 0 aliphatic heterocycles. The summed E-state index contributed by atoms with van der Waals surface area (Å²) in [5.74, 6) is -0.597. The number of benzene rings is 2. The normalized spacial score (nSPS) is 12.4. The van der Waals surface area contributed by atoms with Crippen LogP contribution in [0.1, 0.15) is 18.1 Å². The standard InChI is InChI=1S/C19H18N2O4/c1-19(18(23)24-2,15-6-4-3-5-7-15)21-17(22)13-25-16-10-8-14(12-20)9-11-16/h3-11H,13H2,1-2H3,(H,21,22)/t19-/m1/s1. The van der Waals surface area contributed by atoms with Crippen LogP contribution in [0.2, 0.25) is 0 Å². The van der Waals surface area contributed by atoms with Gasteiger partial charge in [0.1, 0.15) is 5.75 Å². The molecule has 0 radical (unpaired) electrons. The first-order valence-corrected chi connectivity index (χ1v) is 7.57. The van der Waals surface area contributed by atoms with Crippen LogP contribution in [0.5, 0.6) is 5.75 Å². The van der Waals surface area contributed by atoms with Gasteiger partial charge < -0.3 is 14.8 Å². The maximum atomic E-state index is 12.3. The van der Waals surface area contributed by atoms with E-state index in [-0.39, 0.29) is 6.61 Å². The first-order valence-electron chi connectivity index (χ1n) is 7.57. The molecule has 1 amide bonds. The summed E-state index contributed by atoms with van der Waals surface area (Å²) in [5, 5.41) is 11.4. The third-order valence-corrected chi connectivity index (χ3v) is 3.69. The number of nitriles is 1. The molecule has 0 aliphatic carbocycles. The van der Waals surface area contributed by atoms with Crippen molar-refractivity contribution in [2.45, 2.75) is 12.5 Å². The second-order valence-corrected chi connectivity index (χ2v) is 5.46. The summed E-state index contributed by atoms with van der Waals surface area (Å²) < 4.78 is 10.2. The average Bonchev–Trinajstić information content (AvgIpc) is 2.66. The van der Waals surface area contributed by atoms with Crippen LogP contribution in [-0.2, 0) is 19.9 Å². The number of carbonyl (C=O) groups is 2. The Morgan fingerprint density at radius 1 is 1.12 bits per heavy atom. The molecule has 1 N–H and O–H groups in total. The molecule has 2 aromatic rings. The van der Waals surface area contributed by atoms with Crippen LogP contribution in [0.15, 0.2) is 54.6 Å². The number of nitrogens with one attached hydrogen (secondary N) is 1. The monoisotopic (exact) mass is 338 g/mol. The summed E-state index contributed by atoms with van der Waals surface area (Å²) in [4.78, 5) is 24.5. The van der Waals surface area contributed by atoms with Crippen LogP contribution in [0, 0.1) is 11.3 Å². The Morgan fingerprint density at radius 3 is 2.32 bits per heavy atom. The molecule has 6 heteroatoms. The number of amides is 1. The summed E-state index contributed by atoms with van der Waals surface area (Å²) in [6.07, 6.45) is 0. The number of carbonyl (C=O) groups excluding carboxylic acids is 2. The van der Waals surface area contributed by atoms with Gasteiger partial charge in [-0.15, -0.1) is 0 Å². The minimum Gasteiger partial charge on any atom is -0.484 e. The Morgan fingerprint density at radius 2 is 1.76 bits per heavy atom. The van der Waals surface area contributed by atoms with Gasteiger partial charge in [-0.25, -0.2) is 4.79 Å². The second kappa shape index (κ2) is 7.97. The quantitative estimate of drug-likeness (QED) is 0.815. The number of hydrogen-bond acceptors (Lipinski definition) is 5. The topological polar surface area (TPSA) is 88.4 Å². The van der Waals surface area contributed by atoms with E-state index in [0.29, 0.717) is 16.9 Å². The van der Waals surface area contributed by atoms with E-state index in [2.05, 4.69) is 5.32 Å². The summed E-state index contributed by atoms with van der Waals surface area (Å²) in [7, 11) is 1.27. The van der Waals surface area contributed by atoms with Gasteiger partial charge in [0.25, 0.3) is 5.91 Å². The fraction of sp³-hybridized carbons (Fsp3) is 0.211. The molecular formula is C19H18N2O4. The van der Waals surface area contributed by atoms with Crippen LogP contribution in [0.25, 0.3) is 0 Å². The van der Waals surface area contributed by atoms with Gasteiger partial charge in [-0.1, -0.05) is 30.3 Å². The largest absolute Gasteiger partial charge is 0.484 e. The maximum Gasteiger partial charge on any atom is 0.336 e. The molecule has 0 aromatic heterocycles.